The van der Waals surface area contributed by atoms with Crippen LogP contribution in [0.5, 0.6) is 0 Å². The molecule has 0 aliphatic carbocycles. The molecule has 1 atom stereocenters. The topological polar surface area (TPSA) is 71.2 Å². The molecule has 104 valence electrons. The fourth-order valence-electron chi connectivity index (χ4n) is 1.94. The van der Waals surface area contributed by atoms with Gasteiger partial charge in [0.15, 0.2) is 0 Å². The molecule has 1 aromatic heterocycles. The van der Waals surface area contributed by atoms with Crippen molar-refractivity contribution in [2.24, 2.45) is 5.92 Å². The lowest BCUT2D eigenvalue weighted by Crippen LogP contribution is -2.21. The van der Waals surface area contributed by atoms with E-state index in [0.717, 1.165) is 12.8 Å². The minimum absolute atomic E-state index is 0.0526. The van der Waals surface area contributed by atoms with Gasteiger partial charge in [0.05, 0.1) is 11.6 Å². The molecule has 0 spiro atoms. The molecule has 1 aliphatic rings. The summed E-state index contributed by atoms with van der Waals surface area (Å²) in [5, 5.41) is 3.29. The summed E-state index contributed by atoms with van der Waals surface area (Å²) in [6.45, 7) is 0.920. The van der Waals surface area contributed by atoms with Crippen molar-refractivity contribution in [2.75, 3.05) is 13.2 Å². The lowest BCUT2D eigenvalue weighted by atomic mass is 10.0. The Morgan fingerprint density at radius 1 is 1.42 bits per heavy atom. The number of amides is 1. The molecule has 2 N–H and O–H groups in total. The van der Waals surface area contributed by atoms with Crippen molar-refractivity contribution >= 4 is 35.1 Å². The van der Waals surface area contributed by atoms with Crippen LogP contribution in [0.4, 0.5) is 0 Å². The highest BCUT2D eigenvalue weighted by Gasteiger charge is 2.19. The largest absolute Gasteiger partial charge is 0.461 e. The summed E-state index contributed by atoms with van der Waals surface area (Å²) in [5.74, 6) is -0.238. The molecule has 5 nitrogen and oxygen atoms in total. The van der Waals surface area contributed by atoms with Crippen molar-refractivity contribution < 1.29 is 14.3 Å². The zero-order valence-corrected chi connectivity index (χ0v) is 11.7. The predicted molar refractivity (Wildman–Crippen MR) is 71.4 cm³/mol. The van der Waals surface area contributed by atoms with Gasteiger partial charge in [-0.25, -0.2) is 4.79 Å². The van der Waals surface area contributed by atoms with Crippen molar-refractivity contribution in [1.82, 2.24) is 10.3 Å². The Balaban J connectivity index is 1.84. The zero-order chi connectivity index (χ0) is 13.8. The van der Waals surface area contributed by atoms with Crippen LogP contribution in [0.2, 0.25) is 10.2 Å². The fourth-order valence-corrected chi connectivity index (χ4v) is 2.25. The number of aromatic amines is 1. The molecular formula is C12H14Cl2N2O3. The molecule has 1 amide bonds. The average Bonchev–Trinajstić information content (AvgIpc) is 2.60. The SMILES string of the molecule is O=C1CCC(COC(=O)c2cc(Cl)c(Cl)[nH]2)CCN1. The van der Waals surface area contributed by atoms with Gasteiger partial charge in [-0.1, -0.05) is 23.2 Å². The first kappa shape index (κ1) is 14.2. The standard InChI is InChI=1S/C12H14Cl2N2O3/c13-8-5-9(16-11(8)14)12(18)19-6-7-1-2-10(17)15-4-3-7/h5,7,16H,1-4,6H2,(H,15,17). The van der Waals surface area contributed by atoms with Gasteiger partial charge >= 0.3 is 5.97 Å². The molecule has 0 radical (unpaired) electrons. The van der Waals surface area contributed by atoms with Crippen LogP contribution in [-0.4, -0.2) is 30.0 Å². The molecule has 2 heterocycles. The zero-order valence-electron chi connectivity index (χ0n) is 10.2. The number of carbonyl (C=O) groups excluding carboxylic acids is 2. The van der Waals surface area contributed by atoms with Crippen molar-refractivity contribution in [3.63, 3.8) is 0 Å². The second-order valence-corrected chi connectivity index (χ2v) is 5.27. The molecule has 7 heteroatoms. The van der Waals surface area contributed by atoms with Gasteiger partial charge in [-0.2, -0.15) is 0 Å². The second kappa shape index (κ2) is 6.30. The monoisotopic (exact) mass is 304 g/mol. The van der Waals surface area contributed by atoms with Crippen LogP contribution in [0.25, 0.3) is 0 Å². The molecule has 1 aromatic rings. The molecule has 19 heavy (non-hydrogen) atoms. The van der Waals surface area contributed by atoms with E-state index in [1.54, 1.807) is 0 Å². The molecule has 0 aromatic carbocycles. The predicted octanol–water partition coefficient (Wildman–Crippen LogP) is 2.39. The van der Waals surface area contributed by atoms with Crippen molar-refractivity contribution in [3.05, 3.63) is 21.9 Å². The number of aromatic nitrogens is 1. The summed E-state index contributed by atoms with van der Waals surface area (Å²) < 4.78 is 5.20. The van der Waals surface area contributed by atoms with Crippen LogP contribution < -0.4 is 5.32 Å². The van der Waals surface area contributed by atoms with Gasteiger partial charge in [0.1, 0.15) is 10.8 Å². The van der Waals surface area contributed by atoms with Gasteiger partial charge in [0, 0.05) is 13.0 Å². The van der Waals surface area contributed by atoms with E-state index in [0.29, 0.717) is 19.6 Å². The van der Waals surface area contributed by atoms with Crippen LogP contribution in [0.15, 0.2) is 6.07 Å². The van der Waals surface area contributed by atoms with E-state index in [2.05, 4.69) is 10.3 Å². The Labute approximate surface area is 120 Å². The lowest BCUT2D eigenvalue weighted by molar-refractivity contribution is -0.120. The quantitative estimate of drug-likeness (QED) is 0.842. The first-order valence-corrected chi connectivity index (χ1v) is 6.79. The normalized spacial score (nSPS) is 19.7. The first-order valence-electron chi connectivity index (χ1n) is 6.04. The Morgan fingerprint density at radius 3 is 2.89 bits per heavy atom. The van der Waals surface area contributed by atoms with Crippen LogP contribution in [0, 0.1) is 5.92 Å². The maximum atomic E-state index is 11.7. The third kappa shape index (κ3) is 3.88. The van der Waals surface area contributed by atoms with Crippen LogP contribution in [0.3, 0.4) is 0 Å². The van der Waals surface area contributed by atoms with E-state index in [4.69, 9.17) is 27.9 Å². The number of hydrogen-bond acceptors (Lipinski definition) is 3. The molecule has 0 saturated carbocycles. The molecule has 1 aliphatic heterocycles. The van der Waals surface area contributed by atoms with Gasteiger partial charge in [-0.3, -0.25) is 4.79 Å². The second-order valence-electron chi connectivity index (χ2n) is 4.49. The van der Waals surface area contributed by atoms with E-state index >= 15 is 0 Å². The number of hydrogen-bond donors (Lipinski definition) is 2. The number of ether oxygens (including phenoxy) is 1. The van der Waals surface area contributed by atoms with Gasteiger partial charge < -0.3 is 15.0 Å². The number of H-pyrrole nitrogens is 1. The van der Waals surface area contributed by atoms with E-state index < -0.39 is 5.97 Å². The van der Waals surface area contributed by atoms with Gasteiger partial charge in [-0.05, 0) is 24.8 Å². The minimum atomic E-state index is -0.489. The maximum absolute atomic E-state index is 11.7. The summed E-state index contributed by atoms with van der Waals surface area (Å²) in [5.41, 5.74) is 0.234. The first-order chi connectivity index (χ1) is 9.06. The summed E-state index contributed by atoms with van der Waals surface area (Å²) in [6, 6.07) is 1.43. The highest BCUT2D eigenvalue weighted by atomic mass is 35.5. The summed E-state index contributed by atoms with van der Waals surface area (Å²) in [4.78, 5) is 25.6. The van der Waals surface area contributed by atoms with Crippen molar-refractivity contribution in [1.29, 1.82) is 0 Å². The number of esters is 1. The highest BCUT2D eigenvalue weighted by molar-refractivity contribution is 6.41. The highest BCUT2D eigenvalue weighted by Crippen LogP contribution is 2.22. The average molecular weight is 305 g/mol. The molecule has 1 saturated heterocycles. The molecule has 0 bridgehead atoms. The summed E-state index contributed by atoms with van der Waals surface area (Å²) >= 11 is 11.5. The lowest BCUT2D eigenvalue weighted by Gasteiger charge is -2.12. The third-order valence-electron chi connectivity index (χ3n) is 3.05. The van der Waals surface area contributed by atoms with Gasteiger partial charge in [-0.15, -0.1) is 0 Å². The van der Waals surface area contributed by atoms with E-state index in [1.807, 2.05) is 0 Å². The van der Waals surface area contributed by atoms with Crippen molar-refractivity contribution in [3.8, 4) is 0 Å². The van der Waals surface area contributed by atoms with Crippen LogP contribution in [0.1, 0.15) is 29.8 Å². The van der Waals surface area contributed by atoms with Gasteiger partial charge in [0.25, 0.3) is 0 Å². The molecule has 1 unspecified atom stereocenters. The maximum Gasteiger partial charge on any atom is 0.354 e. The smallest absolute Gasteiger partial charge is 0.354 e. The van der Waals surface area contributed by atoms with Crippen LogP contribution in [-0.2, 0) is 9.53 Å². The molecule has 1 fully saturated rings. The minimum Gasteiger partial charge on any atom is -0.461 e. The number of carbonyl (C=O) groups is 2. The van der Waals surface area contributed by atoms with E-state index in [1.165, 1.54) is 6.07 Å². The van der Waals surface area contributed by atoms with Gasteiger partial charge in [0.2, 0.25) is 5.91 Å². The Morgan fingerprint density at radius 2 is 2.21 bits per heavy atom. The Bertz CT molecular complexity index is 468. The molecular weight excluding hydrogens is 291 g/mol. The summed E-state index contributed by atoms with van der Waals surface area (Å²) in [7, 11) is 0. The third-order valence-corrected chi connectivity index (χ3v) is 3.74. The fraction of sp³-hybridized carbons (Fsp3) is 0.500. The Hall–Kier alpha value is -1.20. The Kier molecular flexibility index (Phi) is 4.71. The number of halogens is 2. The van der Waals surface area contributed by atoms with Crippen molar-refractivity contribution in [2.45, 2.75) is 19.3 Å². The van der Waals surface area contributed by atoms with E-state index in [-0.39, 0.29) is 27.7 Å². The molecule has 2 rings (SSSR count). The van der Waals surface area contributed by atoms with Crippen LogP contribution >= 0.6 is 23.2 Å². The number of rotatable bonds is 3. The number of nitrogens with one attached hydrogen (secondary N) is 2. The van der Waals surface area contributed by atoms with E-state index in [9.17, 15) is 9.59 Å². The summed E-state index contributed by atoms with van der Waals surface area (Å²) in [6.07, 6.45) is 2.01.